The van der Waals surface area contributed by atoms with E-state index in [4.69, 9.17) is 19.7 Å². The SMILES string of the molecule is COCC/C(=C(/C)C(C)(C)C)c1ncc(C2=NC(CO)C(C)CCC2)nc1C. The van der Waals surface area contributed by atoms with Gasteiger partial charge in [-0.15, -0.1) is 0 Å². The number of aliphatic hydroxyl groups is 1. The Bertz CT molecular complexity index is 732. The zero-order valence-electron chi connectivity index (χ0n) is 18.7. The van der Waals surface area contributed by atoms with Gasteiger partial charge < -0.3 is 9.84 Å². The largest absolute Gasteiger partial charge is 0.394 e. The molecule has 2 rings (SSSR count). The minimum absolute atomic E-state index is 0.0421. The molecule has 1 aliphatic heterocycles. The summed E-state index contributed by atoms with van der Waals surface area (Å²) < 4.78 is 5.34. The van der Waals surface area contributed by atoms with Crippen molar-refractivity contribution >= 4 is 11.3 Å². The van der Waals surface area contributed by atoms with Crippen LogP contribution in [0.5, 0.6) is 0 Å². The van der Waals surface area contributed by atoms with E-state index in [2.05, 4.69) is 34.6 Å². The number of hydrogen-bond acceptors (Lipinski definition) is 5. The van der Waals surface area contributed by atoms with E-state index in [9.17, 15) is 5.11 Å². The topological polar surface area (TPSA) is 67.6 Å². The van der Waals surface area contributed by atoms with Gasteiger partial charge in [0.2, 0.25) is 0 Å². The van der Waals surface area contributed by atoms with E-state index in [0.717, 1.165) is 48.5 Å². The normalized spacial score (nSPS) is 21.8. The van der Waals surface area contributed by atoms with E-state index in [0.29, 0.717) is 12.5 Å². The number of ether oxygens (including phenoxy) is 1. The number of aromatic nitrogens is 2. The van der Waals surface area contributed by atoms with E-state index < -0.39 is 0 Å². The molecule has 0 spiro atoms. The fourth-order valence-corrected chi connectivity index (χ4v) is 3.65. The molecule has 0 radical (unpaired) electrons. The van der Waals surface area contributed by atoms with Gasteiger partial charge in [0.1, 0.15) is 5.69 Å². The molecule has 0 fully saturated rings. The average Bonchev–Trinajstić information content (AvgIpc) is 2.83. The molecule has 2 atom stereocenters. The maximum Gasteiger partial charge on any atom is 0.103 e. The molecule has 2 heterocycles. The van der Waals surface area contributed by atoms with Crippen LogP contribution < -0.4 is 0 Å². The van der Waals surface area contributed by atoms with Crippen LogP contribution in [0.1, 0.15) is 77.4 Å². The molecule has 0 amide bonds. The summed E-state index contributed by atoms with van der Waals surface area (Å²) in [5.74, 6) is 0.397. The third kappa shape index (κ3) is 5.48. The molecule has 1 aliphatic rings. The number of aliphatic hydroxyl groups excluding tert-OH is 1. The summed E-state index contributed by atoms with van der Waals surface area (Å²) in [6.07, 6.45) is 5.72. The number of hydrogen-bond donors (Lipinski definition) is 1. The number of aryl methyl sites for hydroxylation is 1. The van der Waals surface area contributed by atoms with Crippen LogP contribution in [-0.4, -0.2) is 47.2 Å². The molecule has 0 saturated heterocycles. The minimum Gasteiger partial charge on any atom is -0.394 e. The third-order valence-electron chi connectivity index (χ3n) is 5.90. The van der Waals surface area contributed by atoms with E-state index in [-0.39, 0.29) is 18.1 Å². The van der Waals surface area contributed by atoms with E-state index in [1.807, 2.05) is 13.1 Å². The second-order valence-corrected chi connectivity index (χ2v) is 8.98. The molecular weight excluding hydrogens is 350 g/mol. The molecule has 2 unspecified atom stereocenters. The number of allylic oxidation sites excluding steroid dienone is 1. The Labute approximate surface area is 170 Å². The Kier molecular flexibility index (Phi) is 7.90. The molecule has 156 valence electrons. The molecular formula is C23H37N3O2. The van der Waals surface area contributed by atoms with Gasteiger partial charge in [-0.2, -0.15) is 0 Å². The predicted octanol–water partition coefficient (Wildman–Crippen LogP) is 4.61. The fourth-order valence-electron chi connectivity index (χ4n) is 3.65. The molecule has 1 aromatic rings. The van der Waals surface area contributed by atoms with Crippen LogP contribution in [0.2, 0.25) is 0 Å². The quantitative estimate of drug-likeness (QED) is 0.774. The number of methoxy groups -OCH3 is 1. The Morgan fingerprint density at radius 3 is 2.61 bits per heavy atom. The lowest BCUT2D eigenvalue weighted by molar-refractivity contribution is 0.205. The molecule has 0 aromatic carbocycles. The molecule has 0 aliphatic carbocycles. The zero-order chi connectivity index (χ0) is 20.9. The number of nitrogens with zero attached hydrogens (tertiary/aromatic N) is 3. The van der Waals surface area contributed by atoms with Gasteiger partial charge in [0.05, 0.1) is 42.6 Å². The van der Waals surface area contributed by atoms with Crippen LogP contribution in [-0.2, 0) is 4.74 Å². The number of rotatable bonds is 6. The Hall–Kier alpha value is -1.59. The van der Waals surface area contributed by atoms with Crippen molar-refractivity contribution in [1.29, 1.82) is 0 Å². The van der Waals surface area contributed by atoms with Gasteiger partial charge >= 0.3 is 0 Å². The number of aliphatic imine (C=N–C) groups is 1. The van der Waals surface area contributed by atoms with E-state index in [1.165, 1.54) is 11.1 Å². The first-order valence-electron chi connectivity index (χ1n) is 10.4. The monoisotopic (exact) mass is 387 g/mol. The van der Waals surface area contributed by atoms with Crippen LogP contribution in [0.4, 0.5) is 0 Å². The smallest absolute Gasteiger partial charge is 0.103 e. The first-order chi connectivity index (χ1) is 13.2. The van der Waals surface area contributed by atoms with Gasteiger partial charge in [0.25, 0.3) is 0 Å². The average molecular weight is 388 g/mol. The lowest BCUT2D eigenvalue weighted by Gasteiger charge is -2.24. The summed E-state index contributed by atoms with van der Waals surface area (Å²) in [4.78, 5) is 14.5. The lowest BCUT2D eigenvalue weighted by Crippen LogP contribution is -2.20. The lowest BCUT2D eigenvalue weighted by atomic mass is 9.82. The van der Waals surface area contributed by atoms with Crippen LogP contribution >= 0.6 is 0 Å². The highest BCUT2D eigenvalue weighted by molar-refractivity contribution is 5.99. The maximum atomic E-state index is 9.68. The van der Waals surface area contributed by atoms with Crippen molar-refractivity contribution in [1.82, 2.24) is 9.97 Å². The third-order valence-corrected chi connectivity index (χ3v) is 5.90. The highest BCUT2D eigenvalue weighted by Crippen LogP contribution is 2.34. The molecule has 28 heavy (non-hydrogen) atoms. The summed E-state index contributed by atoms with van der Waals surface area (Å²) in [5, 5.41) is 9.68. The van der Waals surface area contributed by atoms with Gasteiger partial charge in [-0.3, -0.25) is 9.98 Å². The molecule has 5 heteroatoms. The molecule has 1 N–H and O–H groups in total. The van der Waals surface area contributed by atoms with Crippen LogP contribution in [0.3, 0.4) is 0 Å². The first kappa shape index (κ1) is 22.7. The summed E-state index contributed by atoms with van der Waals surface area (Å²) in [7, 11) is 1.73. The summed E-state index contributed by atoms with van der Waals surface area (Å²) >= 11 is 0. The van der Waals surface area contributed by atoms with Crippen molar-refractivity contribution in [2.45, 2.75) is 73.3 Å². The van der Waals surface area contributed by atoms with Crippen LogP contribution in [0.25, 0.3) is 5.57 Å². The predicted molar refractivity (Wildman–Crippen MR) is 116 cm³/mol. The highest BCUT2D eigenvalue weighted by Gasteiger charge is 2.23. The standard InChI is InChI=1S/C23H37N3O2/c1-15-9-8-10-19(26-21(15)14-27)20-13-24-22(17(3)25-20)18(11-12-28-7)16(2)23(4,5)6/h13,15,21,27H,8-12,14H2,1-7H3/b18-16+. The van der Waals surface area contributed by atoms with Gasteiger partial charge in [0.15, 0.2) is 0 Å². The Balaban J connectivity index is 2.44. The van der Waals surface area contributed by atoms with Crippen molar-refractivity contribution in [3.63, 3.8) is 0 Å². The van der Waals surface area contributed by atoms with Crippen LogP contribution in [0, 0.1) is 18.3 Å². The maximum absolute atomic E-state index is 9.68. The Morgan fingerprint density at radius 1 is 1.32 bits per heavy atom. The molecule has 5 nitrogen and oxygen atoms in total. The van der Waals surface area contributed by atoms with Crippen LogP contribution in [0.15, 0.2) is 16.8 Å². The van der Waals surface area contributed by atoms with Gasteiger partial charge in [0, 0.05) is 7.11 Å². The summed E-state index contributed by atoms with van der Waals surface area (Å²) in [5.41, 5.74) is 6.29. The summed E-state index contributed by atoms with van der Waals surface area (Å²) in [6, 6.07) is -0.0421. The van der Waals surface area contributed by atoms with Gasteiger partial charge in [-0.05, 0) is 56.4 Å². The van der Waals surface area contributed by atoms with Crippen molar-refractivity contribution in [2.24, 2.45) is 16.3 Å². The second-order valence-electron chi connectivity index (χ2n) is 8.98. The van der Waals surface area contributed by atoms with Crippen molar-refractivity contribution < 1.29 is 9.84 Å². The van der Waals surface area contributed by atoms with Gasteiger partial charge in [-0.1, -0.05) is 33.3 Å². The Morgan fingerprint density at radius 2 is 2.04 bits per heavy atom. The molecule has 0 bridgehead atoms. The highest BCUT2D eigenvalue weighted by atomic mass is 16.5. The van der Waals surface area contributed by atoms with Crippen molar-refractivity contribution in [3.05, 3.63) is 28.9 Å². The zero-order valence-corrected chi connectivity index (χ0v) is 18.7. The fraction of sp³-hybridized carbons (Fsp3) is 0.696. The molecule has 0 saturated carbocycles. The van der Waals surface area contributed by atoms with Gasteiger partial charge in [-0.25, -0.2) is 4.98 Å². The second kappa shape index (κ2) is 9.75. The van der Waals surface area contributed by atoms with E-state index in [1.54, 1.807) is 7.11 Å². The first-order valence-corrected chi connectivity index (χ1v) is 10.4. The van der Waals surface area contributed by atoms with Crippen molar-refractivity contribution in [2.75, 3.05) is 20.3 Å². The van der Waals surface area contributed by atoms with Crippen molar-refractivity contribution in [3.8, 4) is 0 Å². The minimum atomic E-state index is -0.0421. The van der Waals surface area contributed by atoms with E-state index >= 15 is 0 Å². The molecule has 1 aromatic heterocycles. The summed E-state index contributed by atoms with van der Waals surface area (Å²) in [6.45, 7) is 13.8.